The molecule has 2 aromatic carbocycles. The average molecular weight is 439 g/mol. The summed E-state index contributed by atoms with van der Waals surface area (Å²) in [6.07, 6.45) is 4.54. The second kappa shape index (κ2) is 9.14. The molecule has 5 nitrogen and oxygen atoms in total. The molecule has 2 aliphatic rings. The van der Waals surface area contributed by atoms with Crippen molar-refractivity contribution in [3.8, 4) is 11.5 Å². The number of aliphatic hydroxyl groups excluding tert-OH is 1. The summed E-state index contributed by atoms with van der Waals surface area (Å²) in [6, 6.07) is 13.8. The highest BCUT2D eigenvalue weighted by atomic mass is 16.5. The molecule has 2 aromatic rings. The molecule has 4 rings (SSSR count). The Labute approximate surface area is 190 Å². The van der Waals surface area contributed by atoms with Gasteiger partial charge in [0.25, 0.3) is 0 Å². The van der Waals surface area contributed by atoms with Crippen molar-refractivity contribution in [2.75, 3.05) is 0 Å². The van der Waals surface area contributed by atoms with E-state index < -0.39 is 17.7 Å². The Morgan fingerprint density at radius 1 is 1.22 bits per heavy atom. The van der Waals surface area contributed by atoms with Crippen molar-refractivity contribution in [2.45, 2.75) is 83.0 Å². The van der Waals surface area contributed by atoms with Crippen molar-refractivity contribution in [1.82, 2.24) is 0 Å². The monoisotopic (exact) mass is 438 g/mol. The molecule has 1 fully saturated rings. The maximum atomic E-state index is 12.2. The molecular weight excluding hydrogens is 404 g/mol. The second-order valence-electron chi connectivity index (χ2n) is 9.88. The van der Waals surface area contributed by atoms with Gasteiger partial charge in [-0.2, -0.15) is 0 Å². The molecule has 172 valence electrons. The standard InChI is InChI=1S/C27H34O5/c1-17(8-7-11-18-9-5-4-6-10-18)31-20-15-22(26(29)30)25-21-14-19(28)12-13-23(21)27(2,3)32-24(25)16-20/h4-6,9-10,15-17,19,21,23,28H,7-8,11-14H2,1-3H3,(H,29,30). The summed E-state index contributed by atoms with van der Waals surface area (Å²) in [7, 11) is 0. The van der Waals surface area contributed by atoms with Crippen LogP contribution < -0.4 is 9.47 Å². The van der Waals surface area contributed by atoms with Crippen LogP contribution in [0.15, 0.2) is 42.5 Å². The minimum atomic E-state index is -0.981. The van der Waals surface area contributed by atoms with Gasteiger partial charge in [-0.15, -0.1) is 0 Å². The highest BCUT2D eigenvalue weighted by Crippen LogP contribution is 2.53. The van der Waals surface area contributed by atoms with Crippen molar-refractivity contribution in [3.63, 3.8) is 0 Å². The van der Waals surface area contributed by atoms with Gasteiger partial charge in [-0.25, -0.2) is 4.79 Å². The molecule has 0 spiro atoms. The van der Waals surface area contributed by atoms with Crippen LogP contribution in [0.3, 0.4) is 0 Å². The van der Waals surface area contributed by atoms with E-state index in [1.807, 2.05) is 31.2 Å². The Kier molecular flexibility index (Phi) is 6.47. The minimum absolute atomic E-state index is 0.0269. The first-order valence-electron chi connectivity index (χ1n) is 11.7. The number of fused-ring (bicyclic) bond motifs is 3. The van der Waals surface area contributed by atoms with E-state index in [9.17, 15) is 15.0 Å². The highest BCUT2D eigenvalue weighted by Gasteiger charge is 2.48. The lowest BCUT2D eigenvalue weighted by Gasteiger charge is -2.48. The molecule has 1 heterocycles. The Morgan fingerprint density at radius 2 is 1.97 bits per heavy atom. The van der Waals surface area contributed by atoms with Crippen LogP contribution in [0, 0.1) is 5.92 Å². The third kappa shape index (κ3) is 4.78. The number of aliphatic hydroxyl groups is 1. The summed E-state index contributed by atoms with van der Waals surface area (Å²) >= 11 is 0. The van der Waals surface area contributed by atoms with Crippen LogP contribution in [0.4, 0.5) is 0 Å². The van der Waals surface area contributed by atoms with Gasteiger partial charge in [-0.05, 0) is 76.8 Å². The second-order valence-corrected chi connectivity index (χ2v) is 9.88. The van der Waals surface area contributed by atoms with Crippen molar-refractivity contribution >= 4 is 5.97 Å². The molecule has 5 heteroatoms. The first-order valence-corrected chi connectivity index (χ1v) is 11.7. The van der Waals surface area contributed by atoms with E-state index in [0.717, 1.165) is 32.1 Å². The molecule has 0 amide bonds. The van der Waals surface area contributed by atoms with E-state index in [4.69, 9.17) is 9.47 Å². The van der Waals surface area contributed by atoms with Gasteiger partial charge >= 0.3 is 5.97 Å². The minimum Gasteiger partial charge on any atom is -0.491 e. The van der Waals surface area contributed by atoms with E-state index in [2.05, 4.69) is 26.0 Å². The SMILES string of the molecule is CC(CCCc1ccccc1)Oc1cc2c(c(C(=O)O)c1)C1CC(O)CCC1C(C)(C)O2. The summed E-state index contributed by atoms with van der Waals surface area (Å²) in [5, 5.41) is 20.3. The lowest BCUT2D eigenvalue weighted by atomic mass is 9.65. The third-order valence-corrected chi connectivity index (χ3v) is 7.06. The molecule has 0 aromatic heterocycles. The quantitative estimate of drug-likeness (QED) is 0.589. The molecule has 1 aliphatic carbocycles. The summed E-state index contributed by atoms with van der Waals surface area (Å²) < 4.78 is 12.5. The van der Waals surface area contributed by atoms with Crippen molar-refractivity contribution in [3.05, 3.63) is 59.2 Å². The molecule has 0 bridgehead atoms. The van der Waals surface area contributed by atoms with Crippen LogP contribution in [0.5, 0.6) is 11.5 Å². The number of aryl methyl sites for hydroxylation is 1. The molecule has 1 aliphatic heterocycles. The van der Waals surface area contributed by atoms with Crippen molar-refractivity contribution < 1.29 is 24.5 Å². The Balaban J connectivity index is 1.53. The van der Waals surface area contributed by atoms with Crippen molar-refractivity contribution in [2.24, 2.45) is 5.92 Å². The average Bonchev–Trinajstić information content (AvgIpc) is 2.73. The third-order valence-electron chi connectivity index (χ3n) is 7.06. The number of aromatic carboxylic acids is 1. The Hall–Kier alpha value is -2.53. The molecule has 4 atom stereocenters. The zero-order chi connectivity index (χ0) is 22.9. The van der Waals surface area contributed by atoms with Crippen LogP contribution in [-0.4, -0.2) is 34.0 Å². The predicted molar refractivity (Wildman–Crippen MR) is 124 cm³/mol. The van der Waals surface area contributed by atoms with Gasteiger partial charge in [0.1, 0.15) is 17.1 Å². The number of rotatable bonds is 7. The fourth-order valence-corrected chi connectivity index (χ4v) is 5.50. The van der Waals surface area contributed by atoms with E-state index in [0.29, 0.717) is 23.5 Å². The summed E-state index contributed by atoms with van der Waals surface area (Å²) in [5.41, 5.74) is 1.83. The fraction of sp³-hybridized carbons (Fsp3) is 0.519. The molecule has 4 unspecified atom stereocenters. The summed E-state index contributed by atoms with van der Waals surface area (Å²) in [4.78, 5) is 12.2. The fourth-order valence-electron chi connectivity index (χ4n) is 5.50. The van der Waals surface area contributed by atoms with Gasteiger partial charge in [0.15, 0.2) is 0 Å². The Bertz CT molecular complexity index is 952. The van der Waals surface area contributed by atoms with Gasteiger partial charge in [0.2, 0.25) is 0 Å². The molecular formula is C27H34O5. The summed E-state index contributed by atoms with van der Waals surface area (Å²) in [5.74, 6) is 0.280. The van der Waals surface area contributed by atoms with Crippen LogP contribution in [0.25, 0.3) is 0 Å². The van der Waals surface area contributed by atoms with Gasteiger partial charge in [-0.1, -0.05) is 30.3 Å². The molecule has 1 saturated carbocycles. The number of carboxylic acid groups (broad SMARTS) is 1. The first kappa shape index (κ1) is 22.7. The molecule has 0 saturated heterocycles. The normalized spacial score (nSPS) is 24.6. The number of hydrogen-bond donors (Lipinski definition) is 2. The molecule has 0 radical (unpaired) electrons. The number of carbonyl (C=O) groups is 1. The summed E-state index contributed by atoms with van der Waals surface area (Å²) in [6.45, 7) is 6.14. The first-order chi connectivity index (χ1) is 15.2. The maximum absolute atomic E-state index is 12.2. The van der Waals surface area contributed by atoms with Gasteiger partial charge in [0, 0.05) is 17.5 Å². The van der Waals surface area contributed by atoms with Crippen molar-refractivity contribution in [1.29, 1.82) is 0 Å². The van der Waals surface area contributed by atoms with Gasteiger partial charge in [-0.3, -0.25) is 0 Å². The van der Waals surface area contributed by atoms with Crippen LogP contribution in [-0.2, 0) is 6.42 Å². The largest absolute Gasteiger partial charge is 0.491 e. The van der Waals surface area contributed by atoms with Crippen LogP contribution in [0.2, 0.25) is 0 Å². The topological polar surface area (TPSA) is 76.0 Å². The van der Waals surface area contributed by atoms with E-state index in [1.54, 1.807) is 6.07 Å². The predicted octanol–water partition coefficient (Wildman–Crippen LogP) is 5.59. The van der Waals surface area contributed by atoms with Gasteiger partial charge in [0.05, 0.1) is 17.8 Å². The lowest BCUT2D eigenvalue weighted by Crippen LogP contribution is -2.48. The van der Waals surface area contributed by atoms with Crippen LogP contribution in [0.1, 0.15) is 80.3 Å². The van der Waals surface area contributed by atoms with Gasteiger partial charge < -0.3 is 19.7 Å². The maximum Gasteiger partial charge on any atom is 0.336 e. The van der Waals surface area contributed by atoms with E-state index in [1.165, 1.54) is 5.56 Å². The number of benzene rings is 2. The molecule has 2 N–H and O–H groups in total. The van der Waals surface area contributed by atoms with Crippen LogP contribution >= 0.6 is 0 Å². The number of hydrogen-bond acceptors (Lipinski definition) is 4. The molecule has 32 heavy (non-hydrogen) atoms. The Morgan fingerprint density at radius 3 is 2.69 bits per heavy atom. The zero-order valence-corrected chi connectivity index (χ0v) is 19.2. The lowest BCUT2D eigenvalue weighted by molar-refractivity contribution is -0.0316. The zero-order valence-electron chi connectivity index (χ0n) is 19.2. The smallest absolute Gasteiger partial charge is 0.336 e. The van der Waals surface area contributed by atoms with E-state index >= 15 is 0 Å². The number of carboxylic acids is 1. The van der Waals surface area contributed by atoms with E-state index in [-0.39, 0.29) is 23.5 Å². The number of ether oxygens (including phenoxy) is 2. The highest BCUT2D eigenvalue weighted by molar-refractivity contribution is 5.91.